The third-order valence-corrected chi connectivity index (χ3v) is 3.73. The van der Waals surface area contributed by atoms with E-state index in [-0.39, 0.29) is 11.9 Å². The lowest BCUT2D eigenvalue weighted by Crippen LogP contribution is -2.34. The monoisotopic (exact) mass is 290 g/mol. The van der Waals surface area contributed by atoms with E-state index in [4.69, 9.17) is 0 Å². The van der Waals surface area contributed by atoms with E-state index < -0.39 is 0 Å². The second-order valence-corrected chi connectivity index (χ2v) is 5.54. The molecule has 0 saturated heterocycles. The van der Waals surface area contributed by atoms with Crippen LogP contribution >= 0.6 is 11.8 Å². The molecule has 0 aliphatic carbocycles. The number of rotatable bonds is 7. The molecule has 20 heavy (non-hydrogen) atoms. The summed E-state index contributed by atoms with van der Waals surface area (Å²) in [6.45, 7) is 2.03. The van der Waals surface area contributed by atoms with Crippen LogP contribution in [0.5, 0.6) is 0 Å². The maximum absolute atomic E-state index is 11.8. The molecular weight excluding hydrogens is 272 g/mol. The maximum atomic E-state index is 11.8. The number of nitrogens with one attached hydrogen (secondary N) is 2. The Labute approximate surface area is 122 Å². The second kappa shape index (κ2) is 7.69. The number of nitrogens with zero attached hydrogens (tertiary/aromatic N) is 2. The highest BCUT2D eigenvalue weighted by Gasteiger charge is 2.09. The Morgan fingerprint density at radius 1 is 1.40 bits per heavy atom. The van der Waals surface area contributed by atoms with Crippen molar-refractivity contribution in [3.8, 4) is 0 Å². The van der Waals surface area contributed by atoms with E-state index in [1.807, 2.05) is 25.1 Å². The number of hydrogen-bond donors (Lipinski definition) is 2. The number of thioether (sulfide) groups is 1. The Morgan fingerprint density at radius 3 is 2.90 bits per heavy atom. The third-order valence-electron chi connectivity index (χ3n) is 2.85. The normalized spacial score (nSPS) is 12.1. The van der Waals surface area contributed by atoms with E-state index in [1.54, 1.807) is 0 Å². The average molecular weight is 290 g/mol. The molecule has 0 bridgehead atoms. The Bertz CT molecular complexity index is 515. The summed E-state index contributed by atoms with van der Waals surface area (Å²) in [6, 6.07) is 10.5. The van der Waals surface area contributed by atoms with E-state index in [0.29, 0.717) is 10.9 Å². The van der Waals surface area contributed by atoms with Gasteiger partial charge in [-0.15, -0.1) is 0 Å². The minimum atomic E-state index is 0.0203. The fourth-order valence-electron chi connectivity index (χ4n) is 1.81. The summed E-state index contributed by atoms with van der Waals surface area (Å²) in [4.78, 5) is 15.7. The predicted octanol–water partition coefficient (Wildman–Crippen LogP) is 2.03. The van der Waals surface area contributed by atoms with Gasteiger partial charge in [-0.3, -0.25) is 9.89 Å². The molecule has 0 fully saturated rings. The molecule has 0 aliphatic rings. The molecule has 1 atom stereocenters. The van der Waals surface area contributed by atoms with Crippen LogP contribution in [0.25, 0.3) is 0 Å². The van der Waals surface area contributed by atoms with Gasteiger partial charge in [0, 0.05) is 6.04 Å². The van der Waals surface area contributed by atoms with Gasteiger partial charge in [0.15, 0.2) is 5.16 Å². The fraction of sp³-hybridized carbons (Fsp3) is 0.357. The average Bonchev–Trinajstić information content (AvgIpc) is 2.97. The van der Waals surface area contributed by atoms with Crippen molar-refractivity contribution >= 4 is 17.7 Å². The summed E-state index contributed by atoms with van der Waals surface area (Å²) in [5.74, 6) is 0.372. The Kier molecular flexibility index (Phi) is 5.61. The van der Waals surface area contributed by atoms with Gasteiger partial charge < -0.3 is 5.32 Å². The van der Waals surface area contributed by atoms with Gasteiger partial charge in [-0.1, -0.05) is 42.1 Å². The molecule has 5 nitrogen and oxygen atoms in total. The van der Waals surface area contributed by atoms with E-state index in [0.717, 1.165) is 12.8 Å². The van der Waals surface area contributed by atoms with E-state index in [1.165, 1.54) is 23.7 Å². The number of amides is 1. The van der Waals surface area contributed by atoms with Gasteiger partial charge in [-0.25, -0.2) is 4.98 Å². The van der Waals surface area contributed by atoms with Crippen LogP contribution in [0.1, 0.15) is 18.9 Å². The van der Waals surface area contributed by atoms with Gasteiger partial charge in [0.25, 0.3) is 0 Å². The first-order chi connectivity index (χ1) is 9.74. The van der Waals surface area contributed by atoms with Gasteiger partial charge in [0.2, 0.25) is 5.91 Å². The topological polar surface area (TPSA) is 70.7 Å². The molecule has 0 aliphatic heterocycles. The van der Waals surface area contributed by atoms with E-state index >= 15 is 0 Å². The Morgan fingerprint density at radius 2 is 2.20 bits per heavy atom. The molecule has 2 rings (SSSR count). The van der Waals surface area contributed by atoms with Crippen LogP contribution in [0.15, 0.2) is 41.8 Å². The molecule has 1 aromatic heterocycles. The van der Waals surface area contributed by atoms with Crippen molar-refractivity contribution in [1.29, 1.82) is 0 Å². The molecule has 2 aromatic rings. The van der Waals surface area contributed by atoms with Crippen molar-refractivity contribution < 1.29 is 4.79 Å². The molecule has 0 saturated carbocycles. The van der Waals surface area contributed by atoms with Crippen molar-refractivity contribution in [3.05, 3.63) is 42.2 Å². The summed E-state index contributed by atoms with van der Waals surface area (Å²) in [5, 5.41) is 10.1. The Balaban J connectivity index is 1.66. The van der Waals surface area contributed by atoms with Crippen molar-refractivity contribution in [2.24, 2.45) is 0 Å². The standard InChI is InChI=1S/C14H18N4OS/c1-11(7-8-12-5-3-2-4-6-12)17-13(19)9-20-14-15-10-16-18-14/h2-6,10-11H,7-9H2,1H3,(H,17,19)(H,15,16,18). The number of hydrogen-bond acceptors (Lipinski definition) is 4. The number of H-pyrrole nitrogens is 1. The highest BCUT2D eigenvalue weighted by molar-refractivity contribution is 7.99. The van der Waals surface area contributed by atoms with Crippen LogP contribution < -0.4 is 5.32 Å². The van der Waals surface area contributed by atoms with Crippen LogP contribution in [0.4, 0.5) is 0 Å². The molecule has 1 unspecified atom stereocenters. The predicted molar refractivity (Wildman–Crippen MR) is 79.5 cm³/mol. The minimum absolute atomic E-state index is 0.0203. The molecule has 106 valence electrons. The highest BCUT2D eigenvalue weighted by atomic mass is 32.2. The Hall–Kier alpha value is -1.82. The van der Waals surface area contributed by atoms with E-state index in [9.17, 15) is 4.79 Å². The largest absolute Gasteiger partial charge is 0.353 e. The van der Waals surface area contributed by atoms with Crippen LogP contribution in [0.3, 0.4) is 0 Å². The zero-order valence-corrected chi connectivity index (χ0v) is 12.2. The number of carbonyl (C=O) groups excluding carboxylic acids is 1. The molecule has 0 spiro atoms. The zero-order valence-electron chi connectivity index (χ0n) is 11.4. The second-order valence-electron chi connectivity index (χ2n) is 4.57. The van der Waals surface area contributed by atoms with Gasteiger partial charge in [-0.05, 0) is 25.3 Å². The summed E-state index contributed by atoms with van der Waals surface area (Å²) in [5.41, 5.74) is 1.30. The highest BCUT2D eigenvalue weighted by Crippen LogP contribution is 2.10. The minimum Gasteiger partial charge on any atom is -0.353 e. The molecule has 2 N–H and O–H groups in total. The van der Waals surface area contributed by atoms with Crippen molar-refractivity contribution in [1.82, 2.24) is 20.5 Å². The van der Waals surface area contributed by atoms with Crippen LogP contribution in [0, 0.1) is 0 Å². The van der Waals surface area contributed by atoms with E-state index in [2.05, 4.69) is 32.6 Å². The molecule has 0 radical (unpaired) electrons. The van der Waals surface area contributed by atoms with Gasteiger partial charge >= 0.3 is 0 Å². The van der Waals surface area contributed by atoms with Crippen LogP contribution in [-0.4, -0.2) is 32.9 Å². The molecule has 1 amide bonds. The number of carbonyl (C=O) groups is 1. The van der Waals surface area contributed by atoms with Crippen molar-refractivity contribution in [2.45, 2.75) is 31.0 Å². The van der Waals surface area contributed by atoms with Gasteiger partial charge in [-0.2, -0.15) is 5.10 Å². The molecule has 1 aromatic carbocycles. The SMILES string of the molecule is CC(CCc1ccccc1)NC(=O)CSc1ncn[nH]1. The summed E-state index contributed by atoms with van der Waals surface area (Å²) in [6.07, 6.45) is 3.34. The summed E-state index contributed by atoms with van der Waals surface area (Å²) in [7, 11) is 0. The zero-order chi connectivity index (χ0) is 14.2. The fourth-order valence-corrected chi connectivity index (χ4v) is 2.40. The lowest BCUT2D eigenvalue weighted by molar-refractivity contribution is -0.119. The first-order valence-corrected chi connectivity index (χ1v) is 7.54. The smallest absolute Gasteiger partial charge is 0.230 e. The lowest BCUT2D eigenvalue weighted by atomic mass is 10.1. The first-order valence-electron chi connectivity index (χ1n) is 6.55. The molecule has 1 heterocycles. The van der Waals surface area contributed by atoms with Crippen molar-refractivity contribution in [2.75, 3.05) is 5.75 Å². The van der Waals surface area contributed by atoms with Crippen LogP contribution in [0.2, 0.25) is 0 Å². The van der Waals surface area contributed by atoms with Gasteiger partial charge in [0.1, 0.15) is 6.33 Å². The van der Waals surface area contributed by atoms with Crippen molar-refractivity contribution in [3.63, 3.8) is 0 Å². The number of benzene rings is 1. The van der Waals surface area contributed by atoms with Crippen LogP contribution in [-0.2, 0) is 11.2 Å². The summed E-state index contributed by atoms with van der Waals surface area (Å²) < 4.78 is 0. The number of aromatic amines is 1. The van der Waals surface area contributed by atoms with Gasteiger partial charge in [0.05, 0.1) is 5.75 Å². The lowest BCUT2D eigenvalue weighted by Gasteiger charge is -2.13. The maximum Gasteiger partial charge on any atom is 0.230 e. The quantitative estimate of drug-likeness (QED) is 0.766. The molecular formula is C14H18N4OS. The summed E-state index contributed by atoms with van der Waals surface area (Å²) >= 11 is 1.35. The number of aryl methyl sites for hydroxylation is 1. The first kappa shape index (κ1) is 14.6. The third kappa shape index (κ3) is 5.05. The number of aromatic nitrogens is 3. The molecule has 6 heteroatoms.